The van der Waals surface area contributed by atoms with Gasteiger partial charge >= 0.3 is 0 Å². The molecule has 0 bridgehead atoms. The molecule has 0 radical (unpaired) electrons. The molecule has 4 heteroatoms. The summed E-state index contributed by atoms with van der Waals surface area (Å²) >= 11 is 11.2. The molecule has 0 amide bonds. The molecule has 0 aliphatic heterocycles. The average Bonchev–Trinajstić information content (AvgIpc) is 2.64. The fourth-order valence-electron chi connectivity index (χ4n) is 1.27. The third-order valence-corrected chi connectivity index (χ3v) is 4.17. The van der Waals surface area contributed by atoms with Crippen LogP contribution in [0.1, 0.15) is 10.4 Å². The summed E-state index contributed by atoms with van der Waals surface area (Å²) in [6.45, 7) is 0. The summed E-state index contributed by atoms with van der Waals surface area (Å²) in [5, 5.41) is 2.59. The highest BCUT2D eigenvalue weighted by molar-refractivity contribution is 9.10. The van der Waals surface area contributed by atoms with Crippen molar-refractivity contribution in [1.82, 2.24) is 0 Å². The first kappa shape index (κ1) is 10.9. The monoisotopic (exact) mass is 300 g/mol. The van der Waals surface area contributed by atoms with Crippen LogP contribution in [0.4, 0.5) is 0 Å². The third kappa shape index (κ3) is 2.14. The fourth-order valence-corrected chi connectivity index (χ4v) is 3.24. The summed E-state index contributed by atoms with van der Waals surface area (Å²) in [7, 11) is 0. The zero-order chi connectivity index (χ0) is 10.8. The third-order valence-electron chi connectivity index (χ3n) is 1.99. The molecule has 15 heavy (non-hydrogen) atoms. The highest BCUT2D eigenvalue weighted by Gasteiger charge is 2.08. The minimum Gasteiger partial charge on any atom is -0.298 e. The maximum Gasteiger partial charge on any atom is 0.150 e. The lowest BCUT2D eigenvalue weighted by Gasteiger charge is -2.02. The van der Waals surface area contributed by atoms with Gasteiger partial charge in [0.05, 0.1) is 0 Å². The molecular weight excluding hydrogens is 296 g/mol. The van der Waals surface area contributed by atoms with Gasteiger partial charge in [-0.2, -0.15) is 0 Å². The number of thiophene rings is 1. The Labute approximate surface area is 105 Å². The lowest BCUT2D eigenvalue weighted by molar-refractivity contribution is 0.112. The van der Waals surface area contributed by atoms with Crippen molar-refractivity contribution in [2.24, 2.45) is 0 Å². The van der Waals surface area contributed by atoms with Crippen LogP contribution in [0.2, 0.25) is 5.02 Å². The van der Waals surface area contributed by atoms with Crippen LogP contribution in [0.25, 0.3) is 10.4 Å². The number of hydrogen-bond acceptors (Lipinski definition) is 2. The highest BCUT2D eigenvalue weighted by Crippen LogP contribution is 2.37. The molecule has 0 fully saturated rings. The Hall–Kier alpha value is -0.640. The number of carbonyl (C=O) groups is 1. The van der Waals surface area contributed by atoms with Gasteiger partial charge in [-0.1, -0.05) is 23.7 Å². The number of hydrogen-bond donors (Lipinski definition) is 0. The van der Waals surface area contributed by atoms with Crippen LogP contribution in [-0.2, 0) is 0 Å². The zero-order valence-electron chi connectivity index (χ0n) is 7.54. The number of benzene rings is 1. The van der Waals surface area contributed by atoms with Crippen LogP contribution in [0.3, 0.4) is 0 Å². The first-order valence-corrected chi connectivity index (χ1v) is 6.25. The molecule has 0 saturated heterocycles. The molecule has 0 spiro atoms. The molecule has 0 unspecified atom stereocenters. The molecule has 1 aromatic heterocycles. The largest absolute Gasteiger partial charge is 0.298 e. The lowest BCUT2D eigenvalue weighted by Crippen LogP contribution is -1.82. The van der Waals surface area contributed by atoms with Crippen LogP contribution in [0.15, 0.2) is 34.1 Å². The molecule has 0 aliphatic rings. The minimum absolute atomic E-state index is 0.594. The van der Waals surface area contributed by atoms with E-state index in [2.05, 4.69) is 15.9 Å². The van der Waals surface area contributed by atoms with Crippen molar-refractivity contribution in [2.75, 3.05) is 0 Å². The number of carbonyl (C=O) groups excluding carboxylic acids is 1. The highest BCUT2D eigenvalue weighted by atomic mass is 79.9. The van der Waals surface area contributed by atoms with Gasteiger partial charge < -0.3 is 0 Å². The number of aldehydes is 1. The second-order valence-electron chi connectivity index (χ2n) is 2.95. The fraction of sp³-hybridized carbons (Fsp3) is 0. The van der Waals surface area contributed by atoms with Crippen molar-refractivity contribution in [3.05, 3.63) is 44.7 Å². The van der Waals surface area contributed by atoms with Crippen molar-refractivity contribution in [1.29, 1.82) is 0 Å². The standard InChI is InChI=1S/C11H6BrClOS/c12-9-3-4-15-11(9)8-2-1-7(6-14)5-10(8)13/h1-6H. The van der Waals surface area contributed by atoms with E-state index in [1.165, 1.54) is 0 Å². The second-order valence-corrected chi connectivity index (χ2v) is 5.13. The van der Waals surface area contributed by atoms with E-state index in [1.54, 1.807) is 23.5 Å². The van der Waals surface area contributed by atoms with Crippen LogP contribution in [-0.4, -0.2) is 6.29 Å². The number of halogens is 2. The Morgan fingerprint density at radius 2 is 2.13 bits per heavy atom. The van der Waals surface area contributed by atoms with E-state index >= 15 is 0 Å². The molecule has 76 valence electrons. The molecule has 2 rings (SSSR count). The van der Waals surface area contributed by atoms with Gasteiger partial charge in [-0.15, -0.1) is 11.3 Å². The van der Waals surface area contributed by atoms with E-state index < -0.39 is 0 Å². The normalized spacial score (nSPS) is 10.3. The molecule has 1 aromatic carbocycles. The quantitative estimate of drug-likeness (QED) is 0.738. The van der Waals surface area contributed by atoms with Gasteiger partial charge in [0.2, 0.25) is 0 Å². The summed E-state index contributed by atoms with van der Waals surface area (Å²) in [5.41, 5.74) is 1.54. The Morgan fingerprint density at radius 1 is 1.33 bits per heavy atom. The van der Waals surface area contributed by atoms with Gasteiger partial charge in [0.1, 0.15) is 6.29 Å². The van der Waals surface area contributed by atoms with Crippen molar-refractivity contribution < 1.29 is 4.79 Å². The first-order valence-electron chi connectivity index (χ1n) is 4.20. The molecule has 1 nitrogen and oxygen atoms in total. The second kappa shape index (κ2) is 4.47. The van der Waals surface area contributed by atoms with E-state index in [0.717, 1.165) is 21.2 Å². The van der Waals surface area contributed by atoms with Crippen LogP contribution < -0.4 is 0 Å². The maximum absolute atomic E-state index is 10.6. The Morgan fingerprint density at radius 3 is 2.67 bits per heavy atom. The van der Waals surface area contributed by atoms with Gasteiger partial charge in [-0.3, -0.25) is 4.79 Å². The van der Waals surface area contributed by atoms with Gasteiger partial charge in [-0.25, -0.2) is 0 Å². The van der Waals surface area contributed by atoms with Crippen LogP contribution in [0, 0.1) is 0 Å². The van der Waals surface area contributed by atoms with Gasteiger partial charge in [0.15, 0.2) is 0 Å². The van der Waals surface area contributed by atoms with E-state index in [1.807, 2.05) is 17.5 Å². The zero-order valence-corrected chi connectivity index (χ0v) is 10.7. The van der Waals surface area contributed by atoms with Crippen molar-refractivity contribution in [3.63, 3.8) is 0 Å². The van der Waals surface area contributed by atoms with Gasteiger partial charge in [-0.05, 0) is 33.4 Å². The summed E-state index contributed by atoms with van der Waals surface area (Å²) in [5.74, 6) is 0. The Balaban J connectivity index is 2.55. The average molecular weight is 302 g/mol. The van der Waals surface area contributed by atoms with Crippen LogP contribution >= 0.6 is 38.9 Å². The Kier molecular flexibility index (Phi) is 3.24. The van der Waals surface area contributed by atoms with Crippen molar-refractivity contribution in [2.45, 2.75) is 0 Å². The van der Waals surface area contributed by atoms with E-state index in [-0.39, 0.29) is 0 Å². The molecule has 0 atom stereocenters. The molecule has 0 aliphatic carbocycles. The maximum atomic E-state index is 10.6. The van der Waals surface area contributed by atoms with Crippen molar-refractivity contribution >= 4 is 45.2 Å². The SMILES string of the molecule is O=Cc1ccc(-c2sccc2Br)c(Cl)c1. The van der Waals surface area contributed by atoms with Crippen molar-refractivity contribution in [3.8, 4) is 10.4 Å². The summed E-state index contributed by atoms with van der Waals surface area (Å²) < 4.78 is 1.02. The van der Waals surface area contributed by atoms with Crippen LogP contribution in [0.5, 0.6) is 0 Å². The molecular formula is C11H6BrClOS. The summed E-state index contributed by atoms with van der Waals surface area (Å²) in [6.07, 6.45) is 0.791. The summed E-state index contributed by atoms with van der Waals surface area (Å²) in [6, 6.07) is 7.28. The predicted molar refractivity (Wildman–Crippen MR) is 67.9 cm³/mol. The van der Waals surface area contributed by atoms with E-state index in [4.69, 9.17) is 11.6 Å². The van der Waals surface area contributed by atoms with Gasteiger partial charge in [0, 0.05) is 25.5 Å². The summed E-state index contributed by atoms with van der Waals surface area (Å²) in [4.78, 5) is 11.6. The minimum atomic E-state index is 0.594. The lowest BCUT2D eigenvalue weighted by atomic mass is 10.1. The Bertz CT molecular complexity index is 507. The number of rotatable bonds is 2. The predicted octanol–water partition coefficient (Wildman–Crippen LogP) is 4.64. The molecule has 0 saturated carbocycles. The smallest absolute Gasteiger partial charge is 0.150 e. The molecule has 1 heterocycles. The first-order chi connectivity index (χ1) is 7.22. The molecule has 2 aromatic rings. The molecule has 0 N–H and O–H groups in total. The van der Waals surface area contributed by atoms with Gasteiger partial charge in [0.25, 0.3) is 0 Å². The van der Waals surface area contributed by atoms with E-state index in [0.29, 0.717) is 10.6 Å². The van der Waals surface area contributed by atoms with E-state index in [9.17, 15) is 4.79 Å². The topological polar surface area (TPSA) is 17.1 Å².